The van der Waals surface area contributed by atoms with E-state index in [1.54, 1.807) is 13.3 Å². The van der Waals surface area contributed by atoms with Crippen molar-refractivity contribution in [3.8, 4) is 11.5 Å². The summed E-state index contributed by atoms with van der Waals surface area (Å²) < 4.78 is 11.4. The number of likely N-dealkylation sites (tertiary alicyclic amines) is 1. The number of aliphatic hydroxyl groups excluding tert-OH is 1. The first-order valence-electron chi connectivity index (χ1n) is 11.5. The summed E-state index contributed by atoms with van der Waals surface area (Å²) in [6.07, 6.45) is 10.5. The van der Waals surface area contributed by atoms with E-state index in [9.17, 15) is 5.11 Å². The number of β-amino-alcohol motifs (C(OH)–C–C–N with tert-alkyl or cyclic N) is 1. The van der Waals surface area contributed by atoms with Crippen LogP contribution in [0, 0.1) is 0 Å². The third kappa shape index (κ3) is 8.48. The molecule has 1 saturated heterocycles. The summed E-state index contributed by atoms with van der Waals surface area (Å²) in [6.45, 7) is 4.73. The molecule has 1 aliphatic heterocycles. The van der Waals surface area contributed by atoms with Crippen LogP contribution in [-0.2, 0) is 13.0 Å². The van der Waals surface area contributed by atoms with Crippen molar-refractivity contribution in [2.24, 2.45) is 0 Å². The monoisotopic (exact) mass is 427 g/mol. The first-order chi connectivity index (χ1) is 15.2. The average Bonchev–Trinajstić information content (AvgIpc) is 2.78. The molecule has 2 aromatic rings. The van der Waals surface area contributed by atoms with Crippen molar-refractivity contribution in [3.63, 3.8) is 0 Å². The summed E-state index contributed by atoms with van der Waals surface area (Å²) >= 11 is 0. The predicted octanol–water partition coefficient (Wildman–Crippen LogP) is 3.43. The number of hydrogen-bond acceptors (Lipinski definition) is 6. The molecule has 0 amide bonds. The molecule has 2 heterocycles. The second kappa shape index (κ2) is 13.3. The maximum absolute atomic E-state index is 10.5. The summed E-state index contributed by atoms with van der Waals surface area (Å²) in [5.41, 5.74) is 2.36. The largest absolute Gasteiger partial charge is 0.493 e. The van der Waals surface area contributed by atoms with E-state index in [4.69, 9.17) is 9.47 Å². The lowest BCUT2D eigenvalue weighted by Gasteiger charge is -2.26. The Hall–Kier alpha value is -2.15. The van der Waals surface area contributed by atoms with Crippen molar-refractivity contribution in [3.05, 3.63) is 53.9 Å². The Balaban J connectivity index is 1.42. The number of aliphatic hydroxyl groups is 1. The van der Waals surface area contributed by atoms with Crippen LogP contribution in [0.1, 0.15) is 43.2 Å². The fourth-order valence-corrected chi connectivity index (χ4v) is 3.98. The van der Waals surface area contributed by atoms with E-state index in [0.29, 0.717) is 18.0 Å². The molecule has 0 aliphatic carbocycles. The third-order valence-corrected chi connectivity index (χ3v) is 5.72. The minimum atomic E-state index is -0.502. The minimum absolute atomic E-state index is 0.273. The van der Waals surface area contributed by atoms with Crippen LogP contribution >= 0.6 is 0 Å². The normalized spacial score (nSPS) is 16.3. The van der Waals surface area contributed by atoms with E-state index in [-0.39, 0.29) is 6.61 Å². The van der Waals surface area contributed by atoms with Gasteiger partial charge in [0.2, 0.25) is 0 Å². The fraction of sp³-hybridized carbons (Fsp3) is 0.560. The highest BCUT2D eigenvalue weighted by Gasteiger charge is 2.15. The summed E-state index contributed by atoms with van der Waals surface area (Å²) in [4.78, 5) is 6.51. The number of nitrogens with one attached hydrogen (secondary N) is 1. The summed E-state index contributed by atoms with van der Waals surface area (Å²) in [6, 6.07) is 10.0. The zero-order valence-corrected chi connectivity index (χ0v) is 18.8. The lowest BCUT2D eigenvalue weighted by Crippen LogP contribution is -2.37. The lowest BCUT2D eigenvalue weighted by atomic mass is 10.1. The fourth-order valence-electron chi connectivity index (χ4n) is 3.98. The number of hydrogen-bond donors (Lipinski definition) is 2. The van der Waals surface area contributed by atoms with Crippen LogP contribution in [0.15, 0.2) is 42.7 Å². The topological polar surface area (TPSA) is 66.8 Å². The van der Waals surface area contributed by atoms with Gasteiger partial charge in [-0.25, -0.2) is 0 Å². The van der Waals surface area contributed by atoms with Crippen molar-refractivity contribution < 1.29 is 14.6 Å². The highest BCUT2D eigenvalue weighted by Crippen LogP contribution is 2.28. The highest BCUT2D eigenvalue weighted by molar-refractivity contribution is 5.43. The first-order valence-corrected chi connectivity index (χ1v) is 11.5. The third-order valence-electron chi connectivity index (χ3n) is 5.72. The highest BCUT2D eigenvalue weighted by atomic mass is 16.5. The molecule has 0 saturated carbocycles. The minimum Gasteiger partial charge on any atom is -0.493 e. The van der Waals surface area contributed by atoms with Crippen LogP contribution in [0.25, 0.3) is 0 Å². The van der Waals surface area contributed by atoms with Crippen LogP contribution in [0.3, 0.4) is 0 Å². The van der Waals surface area contributed by atoms with Gasteiger partial charge in [0.05, 0.1) is 7.11 Å². The number of nitrogens with zero attached hydrogens (tertiary/aromatic N) is 2. The van der Waals surface area contributed by atoms with Crippen LogP contribution in [0.4, 0.5) is 0 Å². The van der Waals surface area contributed by atoms with Gasteiger partial charge >= 0.3 is 0 Å². The van der Waals surface area contributed by atoms with Crippen molar-refractivity contribution in [1.29, 1.82) is 0 Å². The first kappa shape index (κ1) is 23.5. The Kier molecular flexibility index (Phi) is 10.1. The van der Waals surface area contributed by atoms with Crippen LogP contribution in [-0.4, -0.2) is 61.0 Å². The van der Waals surface area contributed by atoms with E-state index in [2.05, 4.69) is 21.3 Å². The van der Waals surface area contributed by atoms with Gasteiger partial charge in [0.1, 0.15) is 12.7 Å². The number of pyridine rings is 1. The molecule has 1 atom stereocenters. The Labute approximate surface area is 186 Å². The summed E-state index contributed by atoms with van der Waals surface area (Å²) in [7, 11) is 1.65. The lowest BCUT2D eigenvalue weighted by molar-refractivity contribution is 0.0645. The quantitative estimate of drug-likeness (QED) is 0.536. The average molecular weight is 428 g/mol. The molecule has 6 heteroatoms. The predicted molar refractivity (Wildman–Crippen MR) is 124 cm³/mol. The standard InChI is InChI=1S/C25H37N3O3/c1-30-25-16-22(18-27-13-11-21-8-7-12-26-17-21)9-10-24(25)31-20-23(29)19-28-14-5-3-2-4-6-15-28/h7-10,12,16-17,23,27,29H,2-6,11,13-15,18-20H2,1H3. The van der Waals surface area contributed by atoms with Crippen LogP contribution in [0.5, 0.6) is 11.5 Å². The Bertz CT molecular complexity index is 749. The van der Waals surface area contributed by atoms with E-state index < -0.39 is 6.10 Å². The van der Waals surface area contributed by atoms with Crippen LogP contribution in [0.2, 0.25) is 0 Å². The summed E-state index contributed by atoms with van der Waals surface area (Å²) in [5, 5.41) is 13.9. The molecule has 1 fully saturated rings. The van der Waals surface area contributed by atoms with Gasteiger partial charge in [-0.05, 0) is 68.2 Å². The molecule has 0 spiro atoms. The number of benzene rings is 1. The van der Waals surface area contributed by atoms with Gasteiger partial charge < -0.3 is 24.8 Å². The number of rotatable bonds is 11. The van der Waals surface area contributed by atoms with E-state index >= 15 is 0 Å². The van der Waals surface area contributed by atoms with Gasteiger partial charge in [-0.1, -0.05) is 31.4 Å². The Morgan fingerprint density at radius 2 is 1.87 bits per heavy atom. The molecule has 6 nitrogen and oxygen atoms in total. The van der Waals surface area contributed by atoms with E-state index in [1.807, 2.05) is 30.5 Å². The zero-order valence-electron chi connectivity index (χ0n) is 18.8. The maximum atomic E-state index is 10.5. The van der Waals surface area contributed by atoms with Crippen molar-refractivity contribution in [1.82, 2.24) is 15.2 Å². The molecular weight excluding hydrogens is 390 g/mol. The molecule has 1 unspecified atom stereocenters. The molecule has 0 radical (unpaired) electrons. The smallest absolute Gasteiger partial charge is 0.161 e. The molecule has 2 N–H and O–H groups in total. The number of ether oxygens (including phenoxy) is 2. The molecule has 1 aliphatic rings. The maximum Gasteiger partial charge on any atom is 0.161 e. The van der Waals surface area contributed by atoms with Crippen molar-refractivity contribution in [2.45, 2.75) is 51.2 Å². The molecule has 3 rings (SSSR count). The summed E-state index contributed by atoms with van der Waals surface area (Å²) in [5.74, 6) is 1.37. The molecule has 1 aromatic carbocycles. The Morgan fingerprint density at radius 3 is 2.61 bits per heavy atom. The Morgan fingerprint density at radius 1 is 1.06 bits per heavy atom. The van der Waals surface area contributed by atoms with Crippen molar-refractivity contribution >= 4 is 0 Å². The van der Waals surface area contributed by atoms with Gasteiger partial charge in [0, 0.05) is 25.5 Å². The molecule has 31 heavy (non-hydrogen) atoms. The molecule has 170 valence electrons. The van der Waals surface area contributed by atoms with E-state index in [1.165, 1.54) is 37.7 Å². The number of aromatic nitrogens is 1. The molecule has 1 aromatic heterocycles. The van der Waals surface area contributed by atoms with Crippen molar-refractivity contribution in [2.75, 3.05) is 39.9 Å². The van der Waals surface area contributed by atoms with Gasteiger partial charge in [-0.15, -0.1) is 0 Å². The van der Waals surface area contributed by atoms with Gasteiger partial charge in [0.25, 0.3) is 0 Å². The SMILES string of the molecule is COc1cc(CNCCc2cccnc2)ccc1OCC(O)CN1CCCCCCC1. The zero-order chi connectivity index (χ0) is 21.7. The molecule has 0 bridgehead atoms. The van der Waals surface area contributed by atoms with Gasteiger partial charge in [-0.3, -0.25) is 4.98 Å². The molecular formula is C25H37N3O3. The van der Waals surface area contributed by atoms with Crippen LogP contribution < -0.4 is 14.8 Å². The van der Waals surface area contributed by atoms with Gasteiger partial charge in [-0.2, -0.15) is 0 Å². The van der Waals surface area contributed by atoms with E-state index in [0.717, 1.165) is 38.2 Å². The second-order valence-corrected chi connectivity index (χ2v) is 8.31. The number of methoxy groups -OCH3 is 1. The van der Waals surface area contributed by atoms with Gasteiger partial charge in [0.15, 0.2) is 11.5 Å². The second-order valence-electron chi connectivity index (χ2n) is 8.31.